The van der Waals surface area contributed by atoms with E-state index in [0.717, 1.165) is 16.0 Å². The van der Waals surface area contributed by atoms with E-state index < -0.39 is 11.8 Å². The number of carbonyl (C=O) groups is 2. The molecule has 2 amide bonds. The summed E-state index contributed by atoms with van der Waals surface area (Å²) in [6, 6.07) is 10.4. The van der Waals surface area contributed by atoms with Crippen molar-refractivity contribution in [1.82, 2.24) is 15.1 Å². The molecule has 2 aromatic carbocycles. The number of benzene rings is 2. The first kappa shape index (κ1) is 16.8. The maximum absolute atomic E-state index is 12.5. The molecule has 4 rings (SSSR count). The van der Waals surface area contributed by atoms with Gasteiger partial charge < -0.3 is 4.42 Å². The van der Waals surface area contributed by atoms with Crippen molar-refractivity contribution in [3.8, 4) is 11.5 Å². The van der Waals surface area contributed by atoms with Gasteiger partial charge in [0, 0.05) is 5.56 Å². The first-order valence-electron chi connectivity index (χ1n) is 7.68. The number of imide groups is 1. The molecule has 0 unspecified atom stereocenters. The number of carbonyl (C=O) groups excluding carboxylic acids is 2. The summed E-state index contributed by atoms with van der Waals surface area (Å²) in [5.74, 6) is -0.465. The summed E-state index contributed by atoms with van der Waals surface area (Å²) in [5.41, 5.74) is 2.29. The number of hydrogen-bond acceptors (Lipinski definition) is 5. The summed E-state index contributed by atoms with van der Waals surface area (Å²) in [6.07, 6.45) is 0. The Morgan fingerprint density at radius 3 is 2.12 bits per heavy atom. The standard InChI is InChI=1S/C18H11Cl2N3O3/c1-9-2-4-10(5-3-9)16-22-21-15(26-16)8-23-17(24)11-6-13(19)14(20)7-12(11)18(23)25/h2-7H,8H2,1H3. The lowest BCUT2D eigenvalue weighted by molar-refractivity contribution is 0.0629. The van der Waals surface area contributed by atoms with Crippen molar-refractivity contribution in [2.45, 2.75) is 13.5 Å². The fourth-order valence-electron chi connectivity index (χ4n) is 2.69. The van der Waals surface area contributed by atoms with Crippen molar-refractivity contribution in [3.63, 3.8) is 0 Å². The van der Waals surface area contributed by atoms with E-state index in [1.165, 1.54) is 12.1 Å². The minimum absolute atomic E-state index is 0.125. The highest BCUT2D eigenvalue weighted by atomic mass is 35.5. The Balaban J connectivity index is 1.60. The lowest BCUT2D eigenvalue weighted by Gasteiger charge is -2.10. The summed E-state index contributed by atoms with van der Waals surface area (Å²) in [5, 5.41) is 8.34. The molecule has 1 aliphatic rings. The SMILES string of the molecule is Cc1ccc(-c2nnc(CN3C(=O)c4cc(Cl)c(Cl)cc4C3=O)o2)cc1. The molecule has 6 nitrogen and oxygen atoms in total. The Kier molecular flexibility index (Phi) is 4.01. The van der Waals surface area contributed by atoms with E-state index in [9.17, 15) is 9.59 Å². The van der Waals surface area contributed by atoms with Gasteiger partial charge in [-0.1, -0.05) is 40.9 Å². The Morgan fingerprint density at radius 2 is 1.54 bits per heavy atom. The van der Waals surface area contributed by atoms with Crippen LogP contribution in [0.1, 0.15) is 32.2 Å². The fraction of sp³-hybridized carbons (Fsp3) is 0.111. The molecule has 8 heteroatoms. The van der Waals surface area contributed by atoms with E-state index in [1.54, 1.807) is 0 Å². The van der Waals surface area contributed by atoms with Crippen LogP contribution in [-0.4, -0.2) is 26.9 Å². The van der Waals surface area contributed by atoms with Crippen LogP contribution >= 0.6 is 23.2 Å². The maximum atomic E-state index is 12.5. The quantitative estimate of drug-likeness (QED) is 0.630. The first-order valence-corrected chi connectivity index (χ1v) is 8.44. The molecule has 0 atom stereocenters. The molecule has 26 heavy (non-hydrogen) atoms. The molecule has 0 N–H and O–H groups in total. The van der Waals surface area contributed by atoms with Crippen LogP contribution in [-0.2, 0) is 6.54 Å². The molecule has 0 fully saturated rings. The molecule has 0 bridgehead atoms. The van der Waals surface area contributed by atoms with Gasteiger partial charge in [-0.25, -0.2) is 0 Å². The third-order valence-corrected chi connectivity index (χ3v) is 4.79. The van der Waals surface area contributed by atoms with E-state index >= 15 is 0 Å². The van der Waals surface area contributed by atoms with Crippen LogP contribution in [0.2, 0.25) is 10.0 Å². The number of hydrogen-bond donors (Lipinski definition) is 0. The van der Waals surface area contributed by atoms with Crippen LogP contribution in [0.25, 0.3) is 11.5 Å². The van der Waals surface area contributed by atoms with Gasteiger partial charge in [-0.2, -0.15) is 0 Å². The zero-order valence-electron chi connectivity index (χ0n) is 13.5. The minimum atomic E-state index is -0.473. The number of rotatable bonds is 3. The van der Waals surface area contributed by atoms with E-state index in [-0.39, 0.29) is 33.6 Å². The fourth-order valence-corrected chi connectivity index (χ4v) is 3.02. The highest BCUT2D eigenvalue weighted by Crippen LogP contribution is 2.32. The minimum Gasteiger partial charge on any atom is -0.419 e. The van der Waals surface area contributed by atoms with Crippen molar-refractivity contribution < 1.29 is 14.0 Å². The third kappa shape index (κ3) is 2.77. The van der Waals surface area contributed by atoms with Crippen molar-refractivity contribution >= 4 is 35.0 Å². The lowest BCUT2D eigenvalue weighted by Crippen LogP contribution is -2.29. The Hall–Kier alpha value is -2.70. The van der Waals surface area contributed by atoms with Crippen LogP contribution in [0.15, 0.2) is 40.8 Å². The molecule has 1 aromatic heterocycles. The summed E-state index contributed by atoms with van der Waals surface area (Å²) in [6.45, 7) is 1.85. The number of nitrogens with zero attached hydrogens (tertiary/aromatic N) is 3. The summed E-state index contributed by atoms with van der Waals surface area (Å²) >= 11 is 11.9. The molecular weight excluding hydrogens is 377 g/mol. The van der Waals surface area contributed by atoms with Gasteiger partial charge in [-0.05, 0) is 31.2 Å². The molecule has 3 aromatic rings. The zero-order valence-corrected chi connectivity index (χ0v) is 15.0. The Labute approximate surface area is 158 Å². The lowest BCUT2D eigenvalue weighted by atomic mass is 10.1. The molecule has 2 heterocycles. The molecular formula is C18H11Cl2N3O3. The summed E-state index contributed by atoms with van der Waals surface area (Å²) in [4.78, 5) is 26.0. The number of amides is 2. The van der Waals surface area contributed by atoms with Crippen LogP contribution in [0, 0.1) is 6.92 Å². The second-order valence-corrected chi connectivity index (χ2v) is 6.69. The topological polar surface area (TPSA) is 76.3 Å². The number of halogens is 2. The van der Waals surface area contributed by atoms with Gasteiger partial charge >= 0.3 is 0 Å². The first-order chi connectivity index (χ1) is 12.4. The molecule has 0 radical (unpaired) electrons. The van der Waals surface area contributed by atoms with E-state index in [0.29, 0.717) is 5.89 Å². The van der Waals surface area contributed by atoms with E-state index in [4.69, 9.17) is 27.6 Å². The van der Waals surface area contributed by atoms with E-state index in [1.807, 2.05) is 31.2 Å². The van der Waals surface area contributed by atoms with Crippen molar-refractivity contribution in [1.29, 1.82) is 0 Å². The average molecular weight is 388 g/mol. The highest BCUT2D eigenvalue weighted by molar-refractivity contribution is 6.43. The predicted molar refractivity (Wildman–Crippen MR) is 95.1 cm³/mol. The van der Waals surface area contributed by atoms with Gasteiger partial charge in [-0.15, -0.1) is 10.2 Å². The van der Waals surface area contributed by atoms with Gasteiger partial charge in [0.25, 0.3) is 11.8 Å². The second-order valence-electron chi connectivity index (χ2n) is 5.88. The Morgan fingerprint density at radius 1 is 0.962 bits per heavy atom. The smallest absolute Gasteiger partial charge is 0.262 e. The van der Waals surface area contributed by atoms with Crippen LogP contribution in [0.3, 0.4) is 0 Å². The molecule has 1 aliphatic heterocycles. The van der Waals surface area contributed by atoms with Crippen LogP contribution in [0.5, 0.6) is 0 Å². The van der Waals surface area contributed by atoms with Crippen molar-refractivity contribution in [2.75, 3.05) is 0 Å². The predicted octanol–water partition coefficient (Wildman–Crippen LogP) is 4.15. The summed E-state index contributed by atoms with van der Waals surface area (Å²) < 4.78 is 5.59. The normalized spacial score (nSPS) is 13.4. The second kappa shape index (κ2) is 6.23. The maximum Gasteiger partial charge on any atom is 0.262 e. The van der Waals surface area contributed by atoms with Crippen LogP contribution in [0.4, 0.5) is 0 Å². The summed E-state index contributed by atoms with van der Waals surface area (Å²) in [7, 11) is 0. The van der Waals surface area contributed by atoms with Gasteiger partial charge in [-0.3, -0.25) is 14.5 Å². The average Bonchev–Trinajstić information content (AvgIpc) is 3.17. The highest BCUT2D eigenvalue weighted by Gasteiger charge is 2.37. The van der Waals surface area contributed by atoms with Crippen molar-refractivity contribution in [3.05, 3.63) is 69.0 Å². The van der Waals surface area contributed by atoms with Crippen molar-refractivity contribution in [2.24, 2.45) is 0 Å². The van der Waals surface area contributed by atoms with Gasteiger partial charge in [0.2, 0.25) is 11.8 Å². The van der Waals surface area contributed by atoms with Gasteiger partial charge in [0.1, 0.15) is 6.54 Å². The van der Waals surface area contributed by atoms with Crippen LogP contribution < -0.4 is 0 Å². The number of aryl methyl sites for hydroxylation is 1. The molecule has 0 saturated heterocycles. The zero-order chi connectivity index (χ0) is 18.4. The van der Waals surface area contributed by atoms with Gasteiger partial charge in [0.15, 0.2) is 0 Å². The number of fused-ring (bicyclic) bond motifs is 1. The van der Waals surface area contributed by atoms with E-state index in [2.05, 4.69) is 10.2 Å². The monoisotopic (exact) mass is 387 g/mol. The molecule has 0 spiro atoms. The molecule has 0 aliphatic carbocycles. The third-order valence-electron chi connectivity index (χ3n) is 4.07. The van der Waals surface area contributed by atoms with Gasteiger partial charge in [0.05, 0.1) is 21.2 Å². The number of aromatic nitrogens is 2. The molecule has 0 saturated carbocycles. The molecule has 130 valence electrons. The largest absolute Gasteiger partial charge is 0.419 e. The Bertz CT molecular complexity index is 1000.